The van der Waals surface area contributed by atoms with Crippen LogP contribution in [0, 0.1) is 0 Å². The van der Waals surface area contributed by atoms with Gasteiger partial charge < -0.3 is 15.4 Å². The summed E-state index contributed by atoms with van der Waals surface area (Å²) < 4.78 is 4.65. The van der Waals surface area contributed by atoms with E-state index in [-0.39, 0.29) is 24.5 Å². The van der Waals surface area contributed by atoms with E-state index in [0.29, 0.717) is 12.1 Å². The Labute approximate surface area is 142 Å². The van der Waals surface area contributed by atoms with Crippen LogP contribution < -0.4 is 10.6 Å². The zero-order valence-corrected chi connectivity index (χ0v) is 13.9. The van der Waals surface area contributed by atoms with Crippen LogP contribution in [-0.4, -0.2) is 25.5 Å². The third-order valence-corrected chi connectivity index (χ3v) is 3.73. The Bertz CT molecular complexity index is 669. The highest BCUT2D eigenvalue weighted by Gasteiger charge is 2.08. The second kappa shape index (κ2) is 8.84. The maximum absolute atomic E-state index is 11.9. The Hall–Kier alpha value is -2.66. The summed E-state index contributed by atoms with van der Waals surface area (Å²) in [5.41, 5.74) is 2.56. The molecule has 0 spiro atoms. The van der Waals surface area contributed by atoms with Crippen molar-refractivity contribution in [1.82, 2.24) is 10.6 Å². The van der Waals surface area contributed by atoms with Gasteiger partial charge in [0.25, 0.3) is 0 Å². The lowest BCUT2D eigenvalue weighted by atomic mass is 10.1. The first-order valence-corrected chi connectivity index (χ1v) is 7.82. The number of amides is 1. The molecule has 0 aliphatic heterocycles. The minimum absolute atomic E-state index is 0.0742. The molecule has 5 heteroatoms. The molecule has 0 saturated carbocycles. The highest BCUT2D eigenvalue weighted by Crippen LogP contribution is 2.10. The van der Waals surface area contributed by atoms with E-state index < -0.39 is 0 Å². The average Bonchev–Trinajstić information content (AvgIpc) is 2.64. The summed E-state index contributed by atoms with van der Waals surface area (Å²) in [5.74, 6) is -0.445. The van der Waals surface area contributed by atoms with Gasteiger partial charge >= 0.3 is 5.97 Å². The van der Waals surface area contributed by atoms with Crippen molar-refractivity contribution < 1.29 is 14.3 Å². The number of hydrogen-bond acceptors (Lipinski definition) is 4. The van der Waals surface area contributed by atoms with Crippen LogP contribution in [0.2, 0.25) is 0 Å². The Morgan fingerprint density at radius 1 is 1.04 bits per heavy atom. The molecule has 24 heavy (non-hydrogen) atoms. The summed E-state index contributed by atoms with van der Waals surface area (Å²) >= 11 is 0. The summed E-state index contributed by atoms with van der Waals surface area (Å²) in [6, 6.07) is 17.0. The SMILES string of the molecule is COC(=O)c1ccc(CNC(=O)CN[C@H](C)c2ccccc2)cc1. The Morgan fingerprint density at radius 2 is 1.71 bits per heavy atom. The molecule has 0 aromatic heterocycles. The van der Waals surface area contributed by atoms with Crippen LogP contribution in [0.25, 0.3) is 0 Å². The lowest BCUT2D eigenvalue weighted by Gasteiger charge is -2.14. The second-order valence-electron chi connectivity index (χ2n) is 5.48. The van der Waals surface area contributed by atoms with E-state index >= 15 is 0 Å². The van der Waals surface area contributed by atoms with Crippen LogP contribution in [0.1, 0.15) is 34.5 Å². The molecule has 2 aromatic rings. The van der Waals surface area contributed by atoms with Gasteiger partial charge in [0.05, 0.1) is 19.2 Å². The van der Waals surface area contributed by atoms with E-state index in [1.807, 2.05) is 37.3 Å². The van der Waals surface area contributed by atoms with Gasteiger partial charge in [-0.3, -0.25) is 4.79 Å². The van der Waals surface area contributed by atoms with Crippen molar-refractivity contribution >= 4 is 11.9 Å². The fraction of sp³-hybridized carbons (Fsp3) is 0.263. The predicted octanol–water partition coefficient (Wildman–Crippen LogP) is 2.44. The standard InChI is InChI=1S/C19H22N2O3/c1-14(16-6-4-3-5-7-16)20-13-18(22)21-12-15-8-10-17(11-9-15)19(23)24-2/h3-11,14,20H,12-13H2,1-2H3,(H,21,22)/t14-/m1/s1. The smallest absolute Gasteiger partial charge is 0.337 e. The van der Waals surface area contributed by atoms with Crippen LogP contribution >= 0.6 is 0 Å². The fourth-order valence-corrected chi connectivity index (χ4v) is 2.25. The quantitative estimate of drug-likeness (QED) is 0.767. The van der Waals surface area contributed by atoms with Crippen LogP contribution in [0.15, 0.2) is 54.6 Å². The van der Waals surface area contributed by atoms with Crippen molar-refractivity contribution in [3.05, 3.63) is 71.3 Å². The Kier molecular flexibility index (Phi) is 6.51. The third kappa shape index (κ3) is 5.21. The second-order valence-corrected chi connectivity index (χ2v) is 5.48. The largest absolute Gasteiger partial charge is 0.465 e. The summed E-state index contributed by atoms with van der Waals surface area (Å²) in [6.45, 7) is 2.69. The Balaban J connectivity index is 1.76. The fourth-order valence-electron chi connectivity index (χ4n) is 2.25. The number of methoxy groups -OCH3 is 1. The first kappa shape index (κ1) is 17.7. The van der Waals surface area contributed by atoms with Gasteiger partial charge in [-0.1, -0.05) is 42.5 Å². The lowest BCUT2D eigenvalue weighted by Crippen LogP contribution is -2.34. The topological polar surface area (TPSA) is 67.4 Å². The molecule has 0 bridgehead atoms. The minimum Gasteiger partial charge on any atom is -0.465 e. The molecule has 0 unspecified atom stereocenters. The van der Waals surface area contributed by atoms with E-state index in [9.17, 15) is 9.59 Å². The lowest BCUT2D eigenvalue weighted by molar-refractivity contribution is -0.120. The van der Waals surface area contributed by atoms with Gasteiger partial charge in [-0.15, -0.1) is 0 Å². The third-order valence-electron chi connectivity index (χ3n) is 3.73. The van der Waals surface area contributed by atoms with E-state index in [2.05, 4.69) is 15.4 Å². The molecule has 1 amide bonds. The molecule has 0 radical (unpaired) electrons. The molecular formula is C19H22N2O3. The van der Waals surface area contributed by atoms with Crippen molar-refractivity contribution in [2.45, 2.75) is 19.5 Å². The minimum atomic E-state index is -0.371. The first-order chi connectivity index (χ1) is 11.6. The molecule has 1 atom stereocenters. The van der Waals surface area contributed by atoms with Gasteiger partial charge in [0.1, 0.15) is 0 Å². The van der Waals surface area contributed by atoms with Gasteiger partial charge in [-0.05, 0) is 30.2 Å². The van der Waals surface area contributed by atoms with Crippen molar-refractivity contribution in [3.8, 4) is 0 Å². The van der Waals surface area contributed by atoms with Gasteiger partial charge in [-0.2, -0.15) is 0 Å². The number of nitrogens with one attached hydrogen (secondary N) is 2. The zero-order valence-electron chi connectivity index (χ0n) is 13.9. The number of rotatable bonds is 7. The van der Waals surface area contributed by atoms with Crippen LogP contribution in [0.4, 0.5) is 0 Å². The number of carbonyl (C=O) groups is 2. The highest BCUT2D eigenvalue weighted by molar-refractivity contribution is 5.89. The summed E-state index contributed by atoms with van der Waals surface area (Å²) in [7, 11) is 1.35. The summed E-state index contributed by atoms with van der Waals surface area (Å²) in [4.78, 5) is 23.3. The van der Waals surface area contributed by atoms with Gasteiger partial charge in [0.15, 0.2) is 0 Å². The maximum atomic E-state index is 11.9. The monoisotopic (exact) mass is 326 g/mol. The summed E-state index contributed by atoms with van der Waals surface area (Å²) in [6.07, 6.45) is 0. The van der Waals surface area contributed by atoms with Crippen LogP contribution in [0.3, 0.4) is 0 Å². The number of benzene rings is 2. The van der Waals surface area contributed by atoms with Gasteiger partial charge in [0, 0.05) is 12.6 Å². The van der Waals surface area contributed by atoms with Crippen LogP contribution in [0.5, 0.6) is 0 Å². The molecule has 5 nitrogen and oxygen atoms in total. The maximum Gasteiger partial charge on any atom is 0.337 e. The van der Waals surface area contributed by atoms with Crippen molar-refractivity contribution in [2.24, 2.45) is 0 Å². The normalized spacial score (nSPS) is 11.6. The van der Waals surface area contributed by atoms with E-state index in [1.54, 1.807) is 24.3 Å². The van der Waals surface area contributed by atoms with Gasteiger partial charge in [0.2, 0.25) is 5.91 Å². The number of hydrogen-bond donors (Lipinski definition) is 2. The molecule has 0 fully saturated rings. The molecule has 0 aliphatic rings. The molecule has 126 valence electrons. The van der Waals surface area contributed by atoms with Crippen molar-refractivity contribution in [2.75, 3.05) is 13.7 Å². The van der Waals surface area contributed by atoms with E-state index in [4.69, 9.17) is 0 Å². The first-order valence-electron chi connectivity index (χ1n) is 7.82. The zero-order chi connectivity index (χ0) is 17.4. The molecule has 2 N–H and O–H groups in total. The Morgan fingerprint density at radius 3 is 2.33 bits per heavy atom. The van der Waals surface area contributed by atoms with E-state index in [0.717, 1.165) is 11.1 Å². The van der Waals surface area contributed by atoms with Crippen LogP contribution in [-0.2, 0) is 16.1 Å². The highest BCUT2D eigenvalue weighted by atomic mass is 16.5. The molecule has 2 rings (SSSR count). The van der Waals surface area contributed by atoms with Gasteiger partial charge in [-0.25, -0.2) is 4.79 Å². The molecule has 2 aromatic carbocycles. The number of carbonyl (C=O) groups excluding carboxylic acids is 2. The number of esters is 1. The molecule has 0 saturated heterocycles. The predicted molar refractivity (Wildman–Crippen MR) is 92.5 cm³/mol. The molecule has 0 aliphatic carbocycles. The molecule has 0 heterocycles. The van der Waals surface area contributed by atoms with Crippen molar-refractivity contribution in [3.63, 3.8) is 0 Å². The van der Waals surface area contributed by atoms with E-state index in [1.165, 1.54) is 7.11 Å². The summed E-state index contributed by atoms with van der Waals surface area (Å²) in [5, 5.41) is 6.04. The number of ether oxygens (including phenoxy) is 1. The average molecular weight is 326 g/mol. The van der Waals surface area contributed by atoms with Crippen molar-refractivity contribution in [1.29, 1.82) is 0 Å². The molecular weight excluding hydrogens is 304 g/mol.